The Hall–Kier alpha value is -1.51. The van der Waals surface area contributed by atoms with Crippen LogP contribution in [0.4, 0.5) is 0 Å². The molecule has 0 aliphatic heterocycles. The van der Waals surface area contributed by atoms with Crippen LogP contribution in [-0.4, -0.2) is 0 Å². The molecular weight excluding hydrogens is 246 g/mol. The van der Waals surface area contributed by atoms with Crippen molar-refractivity contribution in [3.63, 3.8) is 0 Å². The summed E-state index contributed by atoms with van der Waals surface area (Å²) in [6.07, 6.45) is 0. The molecule has 2 rings (SSSR count). The largest absolute Gasteiger partial charge is 0.489 e. The zero-order chi connectivity index (χ0) is 13.0. The summed E-state index contributed by atoms with van der Waals surface area (Å²) < 4.78 is 5.80. The van der Waals surface area contributed by atoms with E-state index in [2.05, 4.69) is 0 Å². The molecule has 0 spiro atoms. The first-order valence-electron chi connectivity index (χ1n) is 5.88. The Bertz CT molecular complexity index is 508. The number of hydrogen-bond donors (Lipinski definition) is 1. The molecule has 1 atom stereocenters. The summed E-state index contributed by atoms with van der Waals surface area (Å²) in [6.45, 7) is 2.46. The van der Waals surface area contributed by atoms with Gasteiger partial charge in [0.1, 0.15) is 12.4 Å². The first-order valence-corrected chi connectivity index (χ1v) is 6.26. The minimum absolute atomic E-state index is 0.0357. The third-order valence-corrected chi connectivity index (χ3v) is 2.97. The molecular formula is C15H16ClNO. The molecule has 0 saturated carbocycles. The first kappa shape index (κ1) is 12.9. The van der Waals surface area contributed by atoms with Crippen LogP contribution in [0.5, 0.6) is 5.75 Å². The van der Waals surface area contributed by atoms with Gasteiger partial charge < -0.3 is 10.5 Å². The molecule has 0 heterocycles. The Morgan fingerprint density at radius 3 is 2.44 bits per heavy atom. The van der Waals surface area contributed by atoms with Crippen LogP contribution in [0.3, 0.4) is 0 Å². The van der Waals surface area contributed by atoms with Crippen molar-refractivity contribution in [1.82, 2.24) is 0 Å². The Labute approximate surface area is 112 Å². The van der Waals surface area contributed by atoms with Crippen molar-refractivity contribution in [3.8, 4) is 5.75 Å². The molecule has 0 saturated heterocycles. The molecule has 0 radical (unpaired) electrons. The summed E-state index contributed by atoms with van der Waals surface area (Å²) in [6, 6.07) is 15.4. The van der Waals surface area contributed by atoms with Gasteiger partial charge in [-0.05, 0) is 30.7 Å². The maximum Gasteiger partial charge on any atom is 0.124 e. The highest BCUT2D eigenvalue weighted by molar-refractivity contribution is 6.30. The van der Waals surface area contributed by atoms with E-state index in [9.17, 15) is 0 Å². The SMILES string of the molecule is CC(N)c1ccccc1OCc1ccc(Cl)cc1. The predicted molar refractivity (Wildman–Crippen MR) is 74.8 cm³/mol. The van der Waals surface area contributed by atoms with Crippen molar-refractivity contribution in [2.75, 3.05) is 0 Å². The summed E-state index contributed by atoms with van der Waals surface area (Å²) in [5, 5.41) is 0.731. The first-order chi connectivity index (χ1) is 8.66. The number of nitrogens with two attached hydrogens (primary N) is 1. The fourth-order valence-corrected chi connectivity index (χ4v) is 1.86. The van der Waals surface area contributed by atoms with Crippen LogP contribution in [0.2, 0.25) is 5.02 Å². The van der Waals surface area contributed by atoms with Crippen molar-refractivity contribution >= 4 is 11.6 Å². The van der Waals surface area contributed by atoms with Crippen LogP contribution >= 0.6 is 11.6 Å². The Morgan fingerprint density at radius 2 is 1.78 bits per heavy atom. The van der Waals surface area contributed by atoms with Gasteiger partial charge in [-0.15, -0.1) is 0 Å². The average Bonchev–Trinajstić information content (AvgIpc) is 2.38. The smallest absolute Gasteiger partial charge is 0.124 e. The van der Waals surface area contributed by atoms with Crippen molar-refractivity contribution in [1.29, 1.82) is 0 Å². The highest BCUT2D eigenvalue weighted by Gasteiger charge is 2.07. The molecule has 1 unspecified atom stereocenters. The lowest BCUT2D eigenvalue weighted by Crippen LogP contribution is -2.07. The lowest BCUT2D eigenvalue weighted by molar-refractivity contribution is 0.301. The Balaban J connectivity index is 2.08. The van der Waals surface area contributed by atoms with Gasteiger partial charge in [-0.3, -0.25) is 0 Å². The summed E-state index contributed by atoms with van der Waals surface area (Å²) >= 11 is 5.84. The number of benzene rings is 2. The van der Waals surface area contributed by atoms with E-state index in [1.807, 2.05) is 55.5 Å². The van der Waals surface area contributed by atoms with E-state index >= 15 is 0 Å². The molecule has 3 heteroatoms. The second kappa shape index (κ2) is 5.89. The van der Waals surface area contributed by atoms with Gasteiger partial charge in [0, 0.05) is 16.6 Å². The van der Waals surface area contributed by atoms with Crippen LogP contribution in [0.25, 0.3) is 0 Å². The van der Waals surface area contributed by atoms with E-state index in [4.69, 9.17) is 22.1 Å². The Morgan fingerprint density at radius 1 is 1.11 bits per heavy atom. The van der Waals surface area contributed by atoms with E-state index < -0.39 is 0 Å². The Kier molecular flexibility index (Phi) is 4.24. The van der Waals surface area contributed by atoms with Gasteiger partial charge in [-0.2, -0.15) is 0 Å². The predicted octanol–water partition coefficient (Wildman–Crippen LogP) is 3.94. The lowest BCUT2D eigenvalue weighted by atomic mass is 10.1. The van der Waals surface area contributed by atoms with Crippen LogP contribution < -0.4 is 10.5 Å². The highest BCUT2D eigenvalue weighted by atomic mass is 35.5. The molecule has 18 heavy (non-hydrogen) atoms. The van der Waals surface area contributed by atoms with Crippen LogP contribution in [-0.2, 0) is 6.61 Å². The summed E-state index contributed by atoms with van der Waals surface area (Å²) in [7, 11) is 0. The normalized spacial score (nSPS) is 12.2. The average molecular weight is 262 g/mol. The molecule has 2 aromatic rings. The fourth-order valence-electron chi connectivity index (χ4n) is 1.73. The van der Waals surface area contributed by atoms with E-state index in [0.717, 1.165) is 21.9 Å². The van der Waals surface area contributed by atoms with Crippen LogP contribution in [0, 0.1) is 0 Å². The number of hydrogen-bond acceptors (Lipinski definition) is 2. The van der Waals surface area contributed by atoms with Gasteiger partial charge >= 0.3 is 0 Å². The second-order valence-electron chi connectivity index (χ2n) is 4.24. The molecule has 0 bridgehead atoms. The topological polar surface area (TPSA) is 35.2 Å². The number of para-hydroxylation sites is 1. The van der Waals surface area contributed by atoms with E-state index in [1.165, 1.54) is 0 Å². The second-order valence-corrected chi connectivity index (χ2v) is 4.68. The minimum Gasteiger partial charge on any atom is -0.489 e. The lowest BCUT2D eigenvalue weighted by Gasteiger charge is -2.13. The van der Waals surface area contributed by atoms with Crippen molar-refractivity contribution in [2.45, 2.75) is 19.6 Å². The maximum atomic E-state index is 5.91. The van der Waals surface area contributed by atoms with E-state index in [0.29, 0.717) is 6.61 Å². The molecule has 0 amide bonds. The summed E-state index contributed by atoms with van der Waals surface area (Å²) in [4.78, 5) is 0. The van der Waals surface area contributed by atoms with Gasteiger partial charge in [-0.1, -0.05) is 41.9 Å². The van der Waals surface area contributed by atoms with Crippen molar-refractivity contribution in [2.24, 2.45) is 5.73 Å². The maximum absolute atomic E-state index is 5.91. The highest BCUT2D eigenvalue weighted by Crippen LogP contribution is 2.24. The number of ether oxygens (including phenoxy) is 1. The van der Waals surface area contributed by atoms with Crippen molar-refractivity contribution in [3.05, 3.63) is 64.7 Å². The van der Waals surface area contributed by atoms with Crippen molar-refractivity contribution < 1.29 is 4.74 Å². The third-order valence-electron chi connectivity index (χ3n) is 2.72. The van der Waals surface area contributed by atoms with Crippen LogP contribution in [0.1, 0.15) is 24.1 Å². The molecule has 0 aromatic heterocycles. The van der Waals surface area contributed by atoms with E-state index in [1.54, 1.807) is 0 Å². The van der Waals surface area contributed by atoms with Crippen LogP contribution in [0.15, 0.2) is 48.5 Å². The molecule has 0 fully saturated rings. The minimum atomic E-state index is -0.0357. The number of halogens is 1. The monoisotopic (exact) mass is 261 g/mol. The molecule has 2 aromatic carbocycles. The number of rotatable bonds is 4. The standard InChI is InChI=1S/C15H16ClNO/c1-11(17)14-4-2-3-5-15(14)18-10-12-6-8-13(16)9-7-12/h2-9,11H,10,17H2,1H3. The third kappa shape index (κ3) is 3.25. The van der Waals surface area contributed by atoms with Gasteiger partial charge in [0.2, 0.25) is 0 Å². The van der Waals surface area contributed by atoms with Gasteiger partial charge in [0.15, 0.2) is 0 Å². The fraction of sp³-hybridized carbons (Fsp3) is 0.200. The molecule has 94 valence electrons. The van der Waals surface area contributed by atoms with Gasteiger partial charge in [0.25, 0.3) is 0 Å². The summed E-state index contributed by atoms with van der Waals surface area (Å²) in [5.74, 6) is 0.836. The molecule has 2 N–H and O–H groups in total. The van der Waals surface area contributed by atoms with E-state index in [-0.39, 0.29) is 6.04 Å². The molecule has 2 nitrogen and oxygen atoms in total. The van der Waals surface area contributed by atoms with Gasteiger partial charge in [-0.25, -0.2) is 0 Å². The zero-order valence-electron chi connectivity index (χ0n) is 10.3. The quantitative estimate of drug-likeness (QED) is 0.905. The molecule has 0 aliphatic rings. The van der Waals surface area contributed by atoms with Gasteiger partial charge in [0.05, 0.1) is 0 Å². The summed E-state index contributed by atoms with van der Waals surface area (Å²) in [5.41, 5.74) is 8.01. The zero-order valence-corrected chi connectivity index (χ0v) is 11.0. The molecule has 0 aliphatic carbocycles.